The van der Waals surface area contributed by atoms with Crippen molar-refractivity contribution in [2.75, 3.05) is 39.1 Å². The highest BCUT2D eigenvalue weighted by atomic mass is 16.5. The van der Waals surface area contributed by atoms with Crippen LogP contribution in [0.4, 0.5) is 22.7 Å². The lowest BCUT2D eigenvalue weighted by Crippen LogP contribution is -2.19. The second-order valence-electron chi connectivity index (χ2n) is 7.12. The van der Waals surface area contributed by atoms with Gasteiger partial charge in [0.2, 0.25) is 0 Å². The average molecular weight is 449 g/mol. The van der Waals surface area contributed by atoms with E-state index in [1.165, 1.54) is 0 Å². The molecule has 0 aromatic heterocycles. The number of rotatable bonds is 8. The normalized spacial score (nSPS) is 12.0. The van der Waals surface area contributed by atoms with E-state index in [4.69, 9.17) is 18.9 Å². The molecule has 3 aromatic carbocycles. The molecule has 1 aliphatic heterocycles. The lowest BCUT2D eigenvalue weighted by atomic mass is 10.1. The van der Waals surface area contributed by atoms with E-state index < -0.39 is 11.8 Å². The molecule has 0 aliphatic carbocycles. The van der Waals surface area contributed by atoms with Crippen LogP contribution in [0.5, 0.6) is 23.0 Å². The van der Waals surface area contributed by atoms with Gasteiger partial charge >= 0.3 is 0 Å². The zero-order valence-corrected chi connectivity index (χ0v) is 18.6. The summed E-state index contributed by atoms with van der Waals surface area (Å²) in [6, 6.07) is 14.0. The topological polar surface area (TPSA) is 107 Å². The number of hydrogen-bond donors (Lipinski definition) is 3. The number of anilines is 4. The number of amides is 2. The fourth-order valence-electron chi connectivity index (χ4n) is 3.56. The van der Waals surface area contributed by atoms with E-state index in [2.05, 4.69) is 16.0 Å². The predicted octanol–water partition coefficient (Wildman–Crippen LogP) is 4.09. The Balaban J connectivity index is 1.76. The van der Waals surface area contributed by atoms with Gasteiger partial charge in [-0.3, -0.25) is 14.9 Å². The van der Waals surface area contributed by atoms with Gasteiger partial charge in [0.1, 0.15) is 0 Å². The third-order valence-corrected chi connectivity index (χ3v) is 5.20. The molecule has 0 saturated carbocycles. The van der Waals surface area contributed by atoms with Gasteiger partial charge in [0.05, 0.1) is 50.9 Å². The fourth-order valence-corrected chi connectivity index (χ4v) is 3.56. The summed E-state index contributed by atoms with van der Waals surface area (Å²) in [5, 5.41) is 8.90. The Labute approximate surface area is 190 Å². The summed E-state index contributed by atoms with van der Waals surface area (Å²) < 4.78 is 21.3. The minimum atomic E-state index is -0.442. The molecule has 170 valence electrons. The van der Waals surface area contributed by atoms with Gasteiger partial charge in [-0.1, -0.05) is 0 Å². The first-order chi connectivity index (χ1) is 16.0. The molecule has 0 unspecified atom stereocenters. The van der Waals surface area contributed by atoms with Gasteiger partial charge in [0, 0.05) is 23.5 Å². The third kappa shape index (κ3) is 4.20. The number of nitrogens with one attached hydrogen (secondary N) is 3. The number of benzene rings is 3. The molecule has 0 bridgehead atoms. The van der Waals surface area contributed by atoms with Crippen LogP contribution in [0.1, 0.15) is 20.7 Å². The molecule has 33 heavy (non-hydrogen) atoms. The van der Waals surface area contributed by atoms with Crippen LogP contribution in [0.2, 0.25) is 0 Å². The van der Waals surface area contributed by atoms with Crippen molar-refractivity contribution >= 4 is 34.6 Å². The Morgan fingerprint density at radius 1 is 0.576 bits per heavy atom. The Bertz CT molecular complexity index is 1150. The van der Waals surface area contributed by atoms with Crippen LogP contribution in [-0.4, -0.2) is 40.3 Å². The summed E-state index contributed by atoms with van der Waals surface area (Å²) in [6.07, 6.45) is 0. The average Bonchev–Trinajstić information content (AvgIpc) is 3.11. The van der Waals surface area contributed by atoms with Crippen molar-refractivity contribution in [1.29, 1.82) is 0 Å². The molecule has 4 rings (SSSR count). The summed E-state index contributed by atoms with van der Waals surface area (Å²) in [5.41, 5.74) is 3.16. The van der Waals surface area contributed by atoms with Gasteiger partial charge < -0.3 is 29.6 Å². The van der Waals surface area contributed by atoms with Crippen molar-refractivity contribution in [3.05, 3.63) is 59.7 Å². The van der Waals surface area contributed by atoms with Crippen LogP contribution >= 0.6 is 0 Å². The molecule has 3 N–H and O–H groups in total. The van der Waals surface area contributed by atoms with E-state index in [1.807, 2.05) is 12.1 Å². The maximum atomic E-state index is 12.2. The largest absolute Gasteiger partial charge is 0.493 e. The number of imide groups is 1. The van der Waals surface area contributed by atoms with Crippen molar-refractivity contribution in [2.24, 2.45) is 0 Å². The van der Waals surface area contributed by atoms with Crippen LogP contribution < -0.4 is 34.9 Å². The van der Waals surface area contributed by atoms with Gasteiger partial charge in [-0.05, 0) is 36.4 Å². The minimum Gasteiger partial charge on any atom is -0.493 e. The molecule has 9 heteroatoms. The maximum Gasteiger partial charge on any atom is 0.259 e. The first kappa shape index (κ1) is 21.8. The fraction of sp³-hybridized carbons (Fsp3) is 0.167. The summed E-state index contributed by atoms with van der Waals surface area (Å²) in [7, 11) is 6.23. The Morgan fingerprint density at radius 3 is 1.33 bits per heavy atom. The molecular weight excluding hydrogens is 426 g/mol. The smallest absolute Gasteiger partial charge is 0.259 e. The molecule has 1 heterocycles. The first-order valence-corrected chi connectivity index (χ1v) is 9.99. The number of fused-ring (bicyclic) bond motifs is 1. The second-order valence-corrected chi connectivity index (χ2v) is 7.12. The van der Waals surface area contributed by atoms with Gasteiger partial charge in [-0.25, -0.2) is 0 Å². The number of ether oxygens (including phenoxy) is 4. The quantitative estimate of drug-likeness (QED) is 0.442. The molecular formula is C24H23N3O6. The first-order valence-electron chi connectivity index (χ1n) is 9.99. The zero-order valence-electron chi connectivity index (χ0n) is 18.6. The second kappa shape index (κ2) is 8.99. The van der Waals surface area contributed by atoms with Crippen molar-refractivity contribution in [3.8, 4) is 23.0 Å². The van der Waals surface area contributed by atoms with E-state index >= 15 is 0 Å². The summed E-state index contributed by atoms with van der Waals surface area (Å²) in [5.74, 6) is 1.39. The van der Waals surface area contributed by atoms with Gasteiger partial charge in [-0.2, -0.15) is 0 Å². The molecule has 1 aliphatic rings. The minimum absolute atomic E-state index is 0.292. The predicted molar refractivity (Wildman–Crippen MR) is 124 cm³/mol. The lowest BCUT2D eigenvalue weighted by molar-refractivity contribution is 0.0879. The highest BCUT2D eigenvalue weighted by Crippen LogP contribution is 2.37. The molecule has 0 atom stereocenters. The molecule has 0 spiro atoms. The summed E-state index contributed by atoms with van der Waals surface area (Å²) >= 11 is 0. The maximum absolute atomic E-state index is 12.2. The van der Waals surface area contributed by atoms with Crippen LogP contribution in [0.3, 0.4) is 0 Å². The van der Waals surface area contributed by atoms with Crippen molar-refractivity contribution in [3.63, 3.8) is 0 Å². The standard InChI is InChI=1S/C24H23N3O6/c1-30-19-7-5-13(9-21(19)32-3)25-17-11-15-16(24(29)27-23(15)28)12-18(17)26-14-6-8-20(31-2)22(10-14)33-4/h5-12,25-26H,1-4H3,(H,27,28,29). The number of carbonyl (C=O) groups excluding carboxylic acids is 2. The highest BCUT2D eigenvalue weighted by Gasteiger charge is 2.28. The van der Waals surface area contributed by atoms with Crippen molar-refractivity contribution in [1.82, 2.24) is 5.32 Å². The van der Waals surface area contributed by atoms with Crippen LogP contribution in [-0.2, 0) is 0 Å². The van der Waals surface area contributed by atoms with Crippen LogP contribution in [0, 0.1) is 0 Å². The van der Waals surface area contributed by atoms with Crippen molar-refractivity contribution < 1.29 is 28.5 Å². The van der Waals surface area contributed by atoms with E-state index in [-0.39, 0.29) is 0 Å². The molecule has 0 radical (unpaired) electrons. The highest BCUT2D eigenvalue weighted by molar-refractivity contribution is 6.22. The Morgan fingerprint density at radius 2 is 0.970 bits per heavy atom. The van der Waals surface area contributed by atoms with Crippen molar-refractivity contribution in [2.45, 2.75) is 0 Å². The summed E-state index contributed by atoms with van der Waals surface area (Å²) in [6.45, 7) is 0. The van der Waals surface area contributed by atoms with Gasteiger partial charge in [0.15, 0.2) is 23.0 Å². The SMILES string of the molecule is COc1ccc(Nc2cc3c(cc2Nc2ccc(OC)c(OC)c2)C(=O)NC3=O)cc1OC. The molecule has 3 aromatic rings. The van der Waals surface area contributed by atoms with Gasteiger partial charge in [0.25, 0.3) is 11.8 Å². The molecule has 9 nitrogen and oxygen atoms in total. The Kier molecular flexibility index (Phi) is 5.95. The van der Waals surface area contributed by atoms with E-state index in [1.54, 1.807) is 64.8 Å². The molecule has 0 fully saturated rings. The molecule has 2 amide bonds. The Hall–Kier alpha value is -4.40. The van der Waals surface area contributed by atoms with Crippen LogP contribution in [0.15, 0.2) is 48.5 Å². The molecule has 0 saturated heterocycles. The third-order valence-electron chi connectivity index (χ3n) is 5.20. The summed E-state index contributed by atoms with van der Waals surface area (Å²) in [4.78, 5) is 24.5. The van der Waals surface area contributed by atoms with Crippen LogP contribution in [0.25, 0.3) is 0 Å². The van der Waals surface area contributed by atoms with Gasteiger partial charge in [-0.15, -0.1) is 0 Å². The van der Waals surface area contributed by atoms with E-state index in [0.29, 0.717) is 56.9 Å². The number of hydrogen-bond acceptors (Lipinski definition) is 8. The number of methoxy groups -OCH3 is 4. The lowest BCUT2D eigenvalue weighted by Gasteiger charge is -2.17. The zero-order chi connectivity index (χ0) is 23.5. The van der Waals surface area contributed by atoms with E-state index in [9.17, 15) is 9.59 Å². The number of carbonyl (C=O) groups is 2. The monoisotopic (exact) mass is 449 g/mol. The van der Waals surface area contributed by atoms with E-state index in [0.717, 1.165) is 0 Å².